The number of benzene rings is 1. The predicted molar refractivity (Wildman–Crippen MR) is 120 cm³/mol. The molecule has 4 rings (SSSR count). The van der Waals surface area contributed by atoms with Gasteiger partial charge in [-0.1, -0.05) is 17.4 Å². The quantitative estimate of drug-likeness (QED) is 0.515. The molecular formula is C22H19N5O3S. The highest BCUT2D eigenvalue weighted by atomic mass is 32.1. The Labute approximate surface area is 182 Å². The molecule has 9 heteroatoms. The highest BCUT2D eigenvalue weighted by Crippen LogP contribution is 2.38. The maximum atomic E-state index is 12.7. The van der Waals surface area contributed by atoms with Crippen LogP contribution >= 0.6 is 11.3 Å². The van der Waals surface area contributed by atoms with Crippen LogP contribution in [0.15, 0.2) is 55.0 Å². The molecule has 0 aliphatic rings. The topological polar surface area (TPSA) is 97.3 Å². The van der Waals surface area contributed by atoms with E-state index in [1.165, 1.54) is 23.3 Å². The average molecular weight is 433 g/mol. The van der Waals surface area contributed by atoms with Gasteiger partial charge in [-0.25, -0.2) is 9.97 Å². The summed E-state index contributed by atoms with van der Waals surface area (Å²) in [5.41, 5.74) is 3.25. The Hall–Kier alpha value is -3.85. The van der Waals surface area contributed by atoms with Crippen LogP contribution in [0.25, 0.3) is 21.3 Å². The van der Waals surface area contributed by atoms with Crippen molar-refractivity contribution in [1.29, 1.82) is 0 Å². The summed E-state index contributed by atoms with van der Waals surface area (Å²) in [5, 5.41) is 3.24. The van der Waals surface area contributed by atoms with Gasteiger partial charge in [0.05, 0.1) is 11.8 Å². The van der Waals surface area contributed by atoms with Crippen LogP contribution in [0.1, 0.15) is 20.7 Å². The highest BCUT2D eigenvalue weighted by Gasteiger charge is 2.18. The molecule has 0 fully saturated rings. The van der Waals surface area contributed by atoms with Gasteiger partial charge in [-0.15, -0.1) is 0 Å². The second-order valence-electron chi connectivity index (χ2n) is 6.85. The van der Waals surface area contributed by atoms with E-state index in [0.717, 1.165) is 15.8 Å². The first-order valence-electron chi connectivity index (χ1n) is 9.35. The summed E-state index contributed by atoms with van der Waals surface area (Å²) in [7, 11) is 4.89. The van der Waals surface area contributed by atoms with Crippen LogP contribution in [0.3, 0.4) is 0 Å². The number of carbonyl (C=O) groups excluding carboxylic acids is 2. The number of hydrogen-bond donors (Lipinski definition) is 1. The van der Waals surface area contributed by atoms with Gasteiger partial charge in [0.1, 0.15) is 5.52 Å². The molecule has 0 unspecified atom stereocenters. The number of methoxy groups -OCH3 is 1. The lowest BCUT2D eigenvalue weighted by Crippen LogP contribution is -2.21. The number of hydrogen-bond acceptors (Lipinski definition) is 7. The van der Waals surface area contributed by atoms with Crippen LogP contribution < -0.4 is 10.1 Å². The summed E-state index contributed by atoms with van der Waals surface area (Å²) in [5.74, 6) is -0.0654. The number of fused-ring (bicyclic) bond motifs is 1. The molecule has 0 saturated carbocycles. The minimum absolute atomic E-state index is 0.124. The fourth-order valence-corrected chi connectivity index (χ4v) is 4.00. The molecule has 156 valence electrons. The number of nitrogens with one attached hydrogen (secondary N) is 1. The Morgan fingerprint density at radius 2 is 1.81 bits per heavy atom. The van der Waals surface area contributed by atoms with Crippen molar-refractivity contribution in [3.05, 3.63) is 66.1 Å². The van der Waals surface area contributed by atoms with Crippen LogP contribution in [-0.2, 0) is 0 Å². The number of ether oxygens (including phenoxy) is 1. The summed E-state index contributed by atoms with van der Waals surface area (Å²) < 4.78 is 6.18. The minimum atomic E-state index is -0.322. The predicted octanol–water partition coefficient (Wildman–Crippen LogP) is 3.72. The number of nitrogens with zero attached hydrogens (tertiary/aromatic N) is 4. The summed E-state index contributed by atoms with van der Waals surface area (Å²) in [4.78, 5) is 39.2. The van der Waals surface area contributed by atoms with E-state index in [-0.39, 0.29) is 11.8 Å². The molecule has 0 aliphatic carbocycles. The molecule has 4 aromatic rings. The van der Waals surface area contributed by atoms with E-state index < -0.39 is 0 Å². The van der Waals surface area contributed by atoms with Gasteiger partial charge in [0.25, 0.3) is 11.8 Å². The maximum absolute atomic E-state index is 12.7. The van der Waals surface area contributed by atoms with Crippen molar-refractivity contribution < 1.29 is 14.3 Å². The lowest BCUT2D eigenvalue weighted by Gasteiger charge is -2.10. The van der Waals surface area contributed by atoms with E-state index in [1.807, 2.05) is 12.1 Å². The van der Waals surface area contributed by atoms with Crippen LogP contribution in [-0.4, -0.2) is 52.9 Å². The number of carbonyl (C=O) groups is 2. The molecular weight excluding hydrogens is 414 g/mol. The van der Waals surface area contributed by atoms with E-state index in [1.54, 1.807) is 57.0 Å². The Bertz CT molecular complexity index is 1250. The number of aromatic nitrogens is 3. The molecule has 0 spiro atoms. The van der Waals surface area contributed by atoms with Gasteiger partial charge in [0.15, 0.2) is 5.13 Å². The van der Waals surface area contributed by atoms with Crippen LogP contribution in [0.5, 0.6) is 5.88 Å². The molecule has 1 aromatic carbocycles. The lowest BCUT2D eigenvalue weighted by atomic mass is 10.1. The zero-order valence-electron chi connectivity index (χ0n) is 17.1. The fraction of sp³-hybridized carbons (Fsp3) is 0.136. The molecule has 1 N–H and O–H groups in total. The van der Waals surface area contributed by atoms with E-state index in [9.17, 15) is 9.59 Å². The zero-order valence-corrected chi connectivity index (χ0v) is 17.9. The first-order chi connectivity index (χ1) is 15.0. The van der Waals surface area contributed by atoms with E-state index in [4.69, 9.17) is 4.74 Å². The van der Waals surface area contributed by atoms with Crippen molar-refractivity contribution in [2.45, 2.75) is 0 Å². The van der Waals surface area contributed by atoms with Crippen molar-refractivity contribution in [3.8, 4) is 17.0 Å². The molecule has 0 atom stereocenters. The van der Waals surface area contributed by atoms with Crippen LogP contribution in [0, 0.1) is 0 Å². The second-order valence-corrected chi connectivity index (χ2v) is 7.85. The maximum Gasteiger partial charge on any atom is 0.257 e. The van der Waals surface area contributed by atoms with Crippen molar-refractivity contribution in [2.24, 2.45) is 0 Å². The number of rotatable bonds is 5. The van der Waals surface area contributed by atoms with Crippen LogP contribution in [0.2, 0.25) is 0 Å². The Kier molecular flexibility index (Phi) is 5.59. The molecule has 0 radical (unpaired) electrons. The average Bonchev–Trinajstić information content (AvgIpc) is 3.22. The third-order valence-corrected chi connectivity index (χ3v) is 5.58. The molecule has 31 heavy (non-hydrogen) atoms. The minimum Gasteiger partial charge on any atom is -0.479 e. The van der Waals surface area contributed by atoms with Crippen molar-refractivity contribution in [2.75, 3.05) is 26.5 Å². The SMILES string of the molecule is COc1ncc(-c2cccnc2)c2sc(NC(=O)c3ccc(C(=O)N(C)C)cc3)nc12. The molecule has 3 aromatic heterocycles. The van der Waals surface area contributed by atoms with Crippen molar-refractivity contribution in [3.63, 3.8) is 0 Å². The van der Waals surface area contributed by atoms with Gasteiger partial charge in [-0.05, 0) is 30.3 Å². The van der Waals surface area contributed by atoms with Gasteiger partial charge in [0.2, 0.25) is 5.88 Å². The molecule has 0 saturated heterocycles. The molecule has 3 heterocycles. The second kappa shape index (κ2) is 8.49. The first-order valence-corrected chi connectivity index (χ1v) is 10.2. The van der Waals surface area contributed by atoms with Crippen molar-refractivity contribution in [1.82, 2.24) is 19.9 Å². The number of anilines is 1. The van der Waals surface area contributed by atoms with E-state index in [2.05, 4.69) is 20.3 Å². The zero-order chi connectivity index (χ0) is 22.0. The summed E-state index contributed by atoms with van der Waals surface area (Å²) in [6.45, 7) is 0. The van der Waals surface area contributed by atoms with Gasteiger partial charge in [0, 0.05) is 54.9 Å². The van der Waals surface area contributed by atoms with Gasteiger partial charge in [-0.3, -0.25) is 19.9 Å². The normalized spacial score (nSPS) is 10.7. The Morgan fingerprint density at radius 3 is 2.45 bits per heavy atom. The summed E-state index contributed by atoms with van der Waals surface area (Å²) in [6, 6.07) is 10.3. The third-order valence-electron chi connectivity index (χ3n) is 4.57. The van der Waals surface area contributed by atoms with Gasteiger partial charge >= 0.3 is 0 Å². The third kappa shape index (κ3) is 4.08. The largest absolute Gasteiger partial charge is 0.479 e. The fourth-order valence-electron chi connectivity index (χ4n) is 3.01. The highest BCUT2D eigenvalue weighted by molar-refractivity contribution is 7.23. The number of thiazole rings is 1. The molecule has 2 amide bonds. The summed E-state index contributed by atoms with van der Waals surface area (Å²) in [6.07, 6.45) is 5.16. The Balaban J connectivity index is 1.64. The lowest BCUT2D eigenvalue weighted by molar-refractivity contribution is 0.0827. The summed E-state index contributed by atoms with van der Waals surface area (Å²) >= 11 is 1.33. The number of amides is 2. The van der Waals surface area contributed by atoms with Gasteiger partial charge < -0.3 is 9.64 Å². The van der Waals surface area contributed by atoms with E-state index >= 15 is 0 Å². The van der Waals surface area contributed by atoms with Crippen molar-refractivity contribution >= 4 is 38.5 Å². The number of pyridine rings is 2. The van der Waals surface area contributed by atoms with Crippen LogP contribution in [0.4, 0.5) is 5.13 Å². The standard InChI is InChI=1S/C22H19N5O3S/c1-27(2)21(29)14-8-6-13(7-9-14)19(28)26-22-25-17-18(31-22)16(12-24-20(17)30-3)15-5-4-10-23-11-15/h4-12H,1-3H3,(H,25,26,28). The monoisotopic (exact) mass is 433 g/mol. The molecule has 8 nitrogen and oxygen atoms in total. The van der Waals surface area contributed by atoms with E-state index in [0.29, 0.717) is 27.7 Å². The smallest absolute Gasteiger partial charge is 0.257 e. The first kappa shape index (κ1) is 20.4. The molecule has 0 bridgehead atoms. The van der Waals surface area contributed by atoms with Gasteiger partial charge in [-0.2, -0.15) is 0 Å². The molecule has 0 aliphatic heterocycles. The Morgan fingerprint density at radius 1 is 1.06 bits per heavy atom.